The predicted octanol–water partition coefficient (Wildman–Crippen LogP) is -0.0250. The lowest BCUT2D eigenvalue weighted by Crippen LogP contribution is -2.35. The van der Waals surface area contributed by atoms with Gasteiger partial charge in [0.25, 0.3) is 0 Å². The third-order valence-corrected chi connectivity index (χ3v) is 2.97. The molecule has 6 nitrogen and oxygen atoms in total. The smallest absolute Gasteiger partial charge is 0.307 e. The molecule has 1 fully saturated rings. The number of carboxylic acid groups (broad SMARTS) is 1. The van der Waals surface area contributed by atoms with Gasteiger partial charge < -0.3 is 20.8 Å². The largest absolute Gasteiger partial charge is 0.481 e. The number of aliphatic carboxylic acids is 1. The first-order valence-electron chi connectivity index (χ1n) is 6.07. The number of carbonyl (C=O) groups excluding carboxylic acids is 1. The molecular weight excluding hydrogens is 248 g/mol. The molecule has 0 aromatic heterocycles. The topological polar surface area (TPSA) is 98.7 Å². The quantitative estimate of drug-likeness (QED) is 0.612. The van der Waals surface area contributed by atoms with Gasteiger partial charge in [-0.25, -0.2) is 0 Å². The van der Waals surface area contributed by atoms with Crippen molar-refractivity contribution in [1.82, 2.24) is 5.32 Å². The molecule has 1 aliphatic rings. The fourth-order valence-electron chi connectivity index (χ4n) is 2.08. The number of amides is 1. The lowest BCUT2D eigenvalue weighted by Gasteiger charge is -2.11. The van der Waals surface area contributed by atoms with Crippen LogP contribution in [0.15, 0.2) is 24.3 Å². The molecule has 0 aliphatic carbocycles. The zero-order chi connectivity index (χ0) is 13.8. The molecule has 4 N–H and O–H groups in total. The van der Waals surface area contributed by atoms with Crippen molar-refractivity contribution in [3.05, 3.63) is 29.8 Å². The molecule has 1 aliphatic heterocycles. The summed E-state index contributed by atoms with van der Waals surface area (Å²) in [6, 6.07) is 6.33. The molecule has 1 amide bonds. The van der Waals surface area contributed by atoms with Gasteiger partial charge in [-0.1, -0.05) is 12.1 Å². The second-order valence-electron chi connectivity index (χ2n) is 4.61. The maximum absolute atomic E-state index is 11.9. The van der Waals surface area contributed by atoms with Crippen LogP contribution in [0.4, 0.5) is 5.69 Å². The first-order chi connectivity index (χ1) is 9.04. The average molecular weight is 264 g/mol. The summed E-state index contributed by atoms with van der Waals surface area (Å²) in [4.78, 5) is 22.5. The van der Waals surface area contributed by atoms with Gasteiger partial charge in [0, 0.05) is 12.2 Å². The van der Waals surface area contributed by atoms with Crippen LogP contribution in [0.5, 0.6) is 0 Å². The van der Waals surface area contributed by atoms with Crippen molar-refractivity contribution >= 4 is 17.6 Å². The third-order valence-electron chi connectivity index (χ3n) is 2.97. The average Bonchev–Trinajstić information content (AvgIpc) is 2.75. The Kier molecular flexibility index (Phi) is 4.13. The Morgan fingerprint density at radius 2 is 2.21 bits per heavy atom. The van der Waals surface area contributed by atoms with Crippen LogP contribution < -0.4 is 10.6 Å². The molecular formula is C13H16N2O4. The Morgan fingerprint density at radius 3 is 2.84 bits per heavy atom. The van der Waals surface area contributed by atoms with Crippen LogP contribution in [-0.4, -0.2) is 40.8 Å². The number of nitrogens with one attached hydrogen (secondary N) is 2. The van der Waals surface area contributed by atoms with E-state index in [2.05, 4.69) is 10.6 Å². The van der Waals surface area contributed by atoms with E-state index in [-0.39, 0.29) is 12.3 Å². The van der Waals surface area contributed by atoms with Crippen molar-refractivity contribution in [2.75, 3.05) is 11.9 Å². The predicted molar refractivity (Wildman–Crippen MR) is 68.8 cm³/mol. The minimum absolute atomic E-state index is 0.0793. The number of rotatable bonds is 4. The normalized spacial score (nSPS) is 22.2. The number of carboxylic acids is 1. The van der Waals surface area contributed by atoms with Gasteiger partial charge in [-0.3, -0.25) is 9.59 Å². The number of hydrogen-bond donors (Lipinski definition) is 4. The number of β-amino-alcohol motifs (C(OH)–C–C–N with tert-alkyl or cyclic N) is 1. The number of aliphatic hydroxyl groups excluding tert-OH is 1. The van der Waals surface area contributed by atoms with E-state index < -0.39 is 18.1 Å². The van der Waals surface area contributed by atoms with E-state index in [1.165, 1.54) is 0 Å². The summed E-state index contributed by atoms with van der Waals surface area (Å²) in [5.74, 6) is -1.13. The molecule has 1 aromatic rings. The molecule has 102 valence electrons. The van der Waals surface area contributed by atoms with E-state index in [1.54, 1.807) is 24.3 Å². The fraction of sp³-hybridized carbons (Fsp3) is 0.385. The van der Waals surface area contributed by atoms with E-state index in [1.807, 2.05) is 0 Å². The first kappa shape index (κ1) is 13.5. The highest BCUT2D eigenvalue weighted by Crippen LogP contribution is 2.14. The van der Waals surface area contributed by atoms with Crippen LogP contribution in [0.3, 0.4) is 0 Å². The highest BCUT2D eigenvalue weighted by atomic mass is 16.4. The summed E-state index contributed by atoms with van der Waals surface area (Å²) in [5, 5.41) is 23.7. The molecule has 2 atom stereocenters. The van der Waals surface area contributed by atoms with Crippen LogP contribution in [0.25, 0.3) is 0 Å². The van der Waals surface area contributed by atoms with Gasteiger partial charge in [0.1, 0.15) is 0 Å². The summed E-state index contributed by atoms with van der Waals surface area (Å²) in [6.07, 6.45) is -0.181. The SMILES string of the molecule is O=C(O)Cc1cccc(NC(=O)C2CC(O)CN2)c1. The number of hydrogen-bond acceptors (Lipinski definition) is 4. The van der Waals surface area contributed by atoms with E-state index in [9.17, 15) is 14.7 Å². The molecule has 0 spiro atoms. The number of benzene rings is 1. The summed E-state index contributed by atoms with van der Waals surface area (Å²) < 4.78 is 0. The fourth-order valence-corrected chi connectivity index (χ4v) is 2.08. The molecule has 2 rings (SSSR count). The van der Waals surface area contributed by atoms with Gasteiger partial charge >= 0.3 is 5.97 Å². The van der Waals surface area contributed by atoms with Crippen molar-refractivity contribution in [3.8, 4) is 0 Å². The number of carbonyl (C=O) groups is 2. The van der Waals surface area contributed by atoms with Crippen LogP contribution in [0.2, 0.25) is 0 Å². The molecule has 6 heteroatoms. The molecule has 1 aromatic carbocycles. The maximum Gasteiger partial charge on any atom is 0.307 e. The van der Waals surface area contributed by atoms with E-state index in [0.717, 1.165) is 0 Å². The van der Waals surface area contributed by atoms with Crippen LogP contribution in [-0.2, 0) is 16.0 Å². The summed E-state index contributed by atoms with van der Waals surface area (Å²) >= 11 is 0. The van der Waals surface area contributed by atoms with Crippen molar-refractivity contribution in [2.45, 2.75) is 25.0 Å². The molecule has 2 unspecified atom stereocenters. The highest BCUT2D eigenvalue weighted by Gasteiger charge is 2.27. The van der Waals surface area contributed by atoms with Crippen molar-refractivity contribution < 1.29 is 19.8 Å². The first-order valence-corrected chi connectivity index (χ1v) is 6.07. The molecule has 0 bridgehead atoms. The molecule has 0 saturated carbocycles. The van der Waals surface area contributed by atoms with Crippen LogP contribution in [0.1, 0.15) is 12.0 Å². The zero-order valence-electron chi connectivity index (χ0n) is 10.3. The molecule has 19 heavy (non-hydrogen) atoms. The summed E-state index contributed by atoms with van der Waals surface area (Å²) in [7, 11) is 0. The minimum Gasteiger partial charge on any atom is -0.481 e. The van der Waals surface area contributed by atoms with Crippen molar-refractivity contribution in [2.24, 2.45) is 0 Å². The number of aliphatic hydroxyl groups is 1. The monoisotopic (exact) mass is 264 g/mol. The second kappa shape index (κ2) is 5.81. The van der Waals surface area contributed by atoms with Gasteiger partial charge in [0.2, 0.25) is 5.91 Å². The Balaban J connectivity index is 1.98. The van der Waals surface area contributed by atoms with Gasteiger partial charge in [0.05, 0.1) is 18.6 Å². The van der Waals surface area contributed by atoms with Gasteiger partial charge in [0.15, 0.2) is 0 Å². The third kappa shape index (κ3) is 3.77. The van der Waals surface area contributed by atoms with Gasteiger partial charge in [-0.05, 0) is 24.1 Å². The summed E-state index contributed by atoms with van der Waals surface area (Å²) in [6.45, 7) is 0.414. The van der Waals surface area contributed by atoms with Crippen LogP contribution >= 0.6 is 0 Å². The lowest BCUT2D eigenvalue weighted by atomic mass is 10.1. The maximum atomic E-state index is 11.9. The van der Waals surface area contributed by atoms with Gasteiger partial charge in [-0.15, -0.1) is 0 Å². The lowest BCUT2D eigenvalue weighted by molar-refractivity contribution is -0.136. The standard InChI is InChI=1S/C13H16N2O4/c16-10-6-11(14-7-10)13(19)15-9-3-1-2-8(4-9)5-12(17)18/h1-4,10-11,14,16H,5-7H2,(H,15,19)(H,17,18). The summed E-state index contributed by atoms with van der Waals surface area (Å²) in [5.41, 5.74) is 1.19. The molecule has 1 saturated heterocycles. The Morgan fingerprint density at radius 1 is 1.42 bits per heavy atom. The Labute approximate surface area is 110 Å². The van der Waals surface area contributed by atoms with Crippen molar-refractivity contribution in [3.63, 3.8) is 0 Å². The van der Waals surface area contributed by atoms with E-state index in [4.69, 9.17) is 5.11 Å². The van der Waals surface area contributed by atoms with E-state index >= 15 is 0 Å². The van der Waals surface area contributed by atoms with Gasteiger partial charge in [-0.2, -0.15) is 0 Å². The number of anilines is 1. The van der Waals surface area contributed by atoms with Crippen molar-refractivity contribution in [1.29, 1.82) is 0 Å². The van der Waals surface area contributed by atoms with E-state index in [0.29, 0.717) is 24.2 Å². The van der Waals surface area contributed by atoms with Crippen LogP contribution in [0, 0.1) is 0 Å². The highest BCUT2D eigenvalue weighted by molar-refractivity contribution is 5.95. The second-order valence-corrected chi connectivity index (χ2v) is 4.61. The molecule has 0 radical (unpaired) electrons. The zero-order valence-corrected chi connectivity index (χ0v) is 10.3. The Hall–Kier alpha value is -1.92. The molecule has 1 heterocycles. The Bertz CT molecular complexity index is 489. The minimum atomic E-state index is -0.913.